The number of hydrogen-bond acceptors (Lipinski definition) is 2. The second-order valence-corrected chi connectivity index (χ2v) is 5.26. The van der Waals surface area contributed by atoms with E-state index < -0.39 is 5.92 Å². The Morgan fingerprint density at radius 3 is 2.62 bits per heavy atom. The molecule has 1 amide bonds. The Labute approximate surface area is 98.2 Å². The van der Waals surface area contributed by atoms with Crippen molar-refractivity contribution >= 4 is 5.91 Å². The summed E-state index contributed by atoms with van der Waals surface area (Å²) in [5.41, 5.74) is 0. The molecule has 1 rings (SSSR count). The minimum atomic E-state index is -0.503. The van der Waals surface area contributed by atoms with Crippen LogP contribution in [0.25, 0.3) is 0 Å². The molecule has 0 aliphatic heterocycles. The summed E-state index contributed by atoms with van der Waals surface area (Å²) >= 11 is 0. The SMILES string of the molecule is CC(C)C(C#N)C(=O)NCC1CCCC1C. The van der Waals surface area contributed by atoms with Crippen molar-refractivity contribution in [1.82, 2.24) is 5.32 Å². The lowest BCUT2D eigenvalue weighted by molar-refractivity contribution is -0.124. The molecule has 1 saturated carbocycles. The summed E-state index contributed by atoms with van der Waals surface area (Å²) in [7, 11) is 0. The average molecular weight is 222 g/mol. The number of hydrogen-bond donors (Lipinski definition) is 1. The van der Waals surface area contributed by atoms with Gasteiger partial charge in [-0.2, -0.15) is 5.26 Å². The van der Waals surface area contributed by atoms with Crippen molar-refractivity contribution < 1.29 is 4.79 Å². The summed E-state index contributed by atoms with van der Waals surface area (Å²) in [6, 6.07) is 2.08. The zero-order chi connectivity index (χ0) is 12.1. The number of nitrogens with zero attached hydrogens (tertiary/aromatic N) is 1. The van der Waals surface area contributed by atoms with Crippen molar-refractivity contribution in [2.75, 3.05) is 6.54 Å². The van der Waals surface area contributed by atoms with Crippen LogP contribution in [0.5, 0.6) is 0 Å². The first-order valence-electron chi connectivity index (χ1n) is 6.23. The van der Waals surface area contributed by atoms with Crippen molar-refractivity contribution in [3.63, 3.8) is 0 Å². The zero-order valence-electron chi connectivity index (χ0n) is 10.5. The smallest absolute Gasteiger partial charge is 0.237 e. The quantitative estimate of drug-likeness (QED) is 0.793. The van der Waals surface area contributed by atoms with Crippen LogP contribution in [0.15, 0.2) is 0 Å². The van der Waals surface area contributed by atoms with Gasteiger partial charge in [0.1, 0.15) is 5.92 Å². The Bertz CT molecular complexity index is 280. The van der Waals surface area contributed by atoms with Gasteiger partial charge >= 0.3 is 0 Å². The molecular formula is C13H22N2O. The molecule has 0 bridgehead atoms. The molecule has 3 unspecified atom stereocenters. The lowest BCUT2D eigenvalue weighted by atomic mass is 9.95. The third kappa shape index (κ3) is 3.23. The fourth-order valence-electron chi connectivity index (χ4n) is 2.38. The highest BCUT2D eigenvalue weighted by Gasteiger charge is 2.26. The lowest BCUT2D eigenvalue weighted by Gasteiger charge is -2.18. The number of rotatable bonds is 4. The molecule has 0 heterocycles. The van der Waals surface area contributed by atoms with Crippen LogP contribution in [-0.2, 0) is 4.79 Å². The van der Waals surface area contributed by atoms with Gasteiger partial charge in [-0.3, -0.25) is 4.79 Å². The fourth-order valence-corrected chi connectivity index (χ4v) is 2.38. The molecule has 1 aliphatic rings. The van der Waals surface area contributed by atoms with Gasteiger partial charge in [0, 0.05) is 6.54 Å². The zero-order valence-corrected chi connectivity index (χ0v) is 10.5. The van der Waals surface area contributed by atoms with Crippen molar-refractivity contribution in [3.05, 3.63) is 0 Å². The molecule has 0 aromatic rings. The normalized spacial score (nSPS) is 26.4. The van der Waals surface area contributed by atoms with E-state index in [1.54, 1.807) is 0 Å². The first kappa shape index (κ1) is 13.0. The topological polar surface area (TPSA) is 52.9 Å². The van der Waals surface area contributed by atoms with Gasteiger partial charge in [0.2, 0.25) is 5.91 Å². The molecule has 90 valence electrons. The summed E-state index contributed by atoms with van der Waals surface area (Å²) in [4.78, 5) is 11.7. The van der Waals surface area contributed by atoms with Crippen molar-refractivity contribution in [1.29, 1.82) is 5.26 Å². The Morgan fingerprint density at radius 2 is 2.19 bits per heavy atom. The van der Waals surface area contributed by atoms with E-state index >= 15 is 0 Å². The third-order valence-corrected chi connectivity index (χ3v) is 3.67. The van der Waals surface area contributed by atoms with Crippen LogP contribution in [-0.4, -0.2) is 12.5 Å². The fraction of sp³-hybridized carbons (Fsp3) is 0.846. The number of nitrogens with one attached hydrogen (secondary N) is 1. The molecule has 0 radical (unpaired) electrons. The van der Waals surface area contributed by atoms with Gasteiger partial charge in [-0.15, -0.1) is 0 Å². The molecule has 1 aliphatic carbocycles. The summed E-state index contributed by atoms with van der Waals surface area (Å²) in [5, 5.41) is 11.8. The standard InChI is InChI=1S/C13H22N2O/c1-9(2)12(7-14)13(16)15-8-11-6-4-5-10(11)3/h9-12H,4-6,8H2,1-3H3,(H,15,16). The van der Waals surface area contributed by atoms with Gasteiger partial charge in [0.15, 0.2) is 0 Å². The van der Waals surface area contributed by atoms with E-state index in [2.05, 4.69) is 18.3 Å². The van der Waals surface area contributed by atoms with Crippen LogP contribution in [0, 0.1) is 35.0 Å². The van der Waals surface area contributed by atoms with E-state index in [1.165, 1.54) is 19.3 Å². The van der Waals surface area contributed by atoms with Crippen molar-refractivity contribution in [3.8, 4) is 6.07 Å². The van der Waals surface area contributed by atoms with E-state index in [1.807, 2.05) is 13.8 Å². The van der Waals surface area contributed by atoms with Gasteiger partial charge in [0.05, 0.1) is 6.07 Å². The second kappa shape index (κ2) is 5.89. The molecule has 3 heteroatoms. The molecule has 0 aromatic carbocycles. The minimum Gasteiger partial charge on any atom is -0.355 e. The summed E-state index contributed by atoms with van der Waals surface area (Å²) in [6.45, 7) is 6.80. The van der Waals surface area contributed by atoms with Gasteiger partial charge < -0.3 is 5.32 Å². The molecule has 3 nitrogen and oxygen atoms in total. The van der Waals surface area contributed by atoms with E-state index in [0.29, 0.717) is 11.8 Å². The van der Waals surface area contributed by atoms with Gasteiger partial charge in [-0.25, -0.2) is 0 Å². The lowest BCUT2D eigenvalue weighted by Crippen LogP contribution is -2.36. The summed E-state index contributed by atoms with van der Waals surface area (Å²) in [5.74, 6) is 0.801. The van der Waals surface area contributed by atoms with Gasteiger partial charge in [-0.05, 0) is 24.2 Å². The Hall–Kier alpha value is -1.04. The van der Waals surface area contributed by atoms with Crippen LogP contribution in [0.4, 0.5) is 0 Å². The van der Waals surface area contributed by atoms with E-state index in [-0.39, 0.29) is 11.8 Å². The maximum atomic E-state index is 11.7. The highest BCUT2D eigenvalue weighted by Crippen LogP contribution is 2.30. The summed E-state index contributed by atoms with van der Waals surface area (Å²) in [6.07, 6.45) is 3.75. The van der Waals surface area contributed by atoms with Gasteiger partial charge in [-0.1, -0.05) is 33.6 Å². The highest BCUT2D eigenvalue weighted by atomic mass is 16.1. The third-order valence-electron chi connectivity index (χ3n) is 3.67. The molecule has 16 heavy (non-hydrogen) atoms. The van der Waals surface area contributed by atoms with Crippen LogP contribution in [0.1, 0.15) is 40.0 Å². The van der Waals surface area contributed by atoms with Crippen LogP contribution in [0.3, 0.4) is 0 Å². The van der Waals surface area contributed by atoms with Gasteiger partial charge in [0.25, 0.3) is 0 Å². The predicted octanol–water partition coefficient (Wildman–Crippen LogP) is 2.33. The van der Waals surface area contributed by atoms with Crippen LogP contribution in [0.2, 0.25) is 0 Å². The highest BCUT2D eigenvalue weighted by molar-refractivity contribution is 5.81. The molecule has 0 saturated heterocycles. The maximum Gasteiger partial charge on any atom is 0.237 e. The summed E-state index contributed by atoms with van der Waals surface area (Å²) < 4.78 is 0. The van der Waals surface area contributed by atoms with Crippen molar-refractivity contribution in [2.45, 2.75) is 40.0 Å². The Kier molecular flexibility index (Phi) is 4.79. The van der Waals surface area contributed by atoms with Crippen molar-refractivity contribution in [2.24, 2.45) is 23.7 Å². The Morgan fingerprint density at radius 1 is 1.50 bits per heavy atom. The average Bonchev–Trinajstić information content (AvgIpc) is 2.61. The first-order valence-corrected chi connectivity index (χ1v) is 6.23. The molecule has 0 aromatic heterocycles. The number of nitriles is 1. The van der Waals surface area contributed by atoms with E-state index in [9.17, 15) is 4.79 Å². The second-order valence-electron chi connectivity index (χ2n) is 5.26. The molecule has 1 N–H and O–H groups in total. The van der Waals surface area contributed by atoms with E-state index in [0.717, 1.165) is 6.54 Å². The monoisotopic (exact) mass is 222 g/mol. The molecule has 3 atom stereocenters. The molecule has 1 fully saturated rings. The number of carbonyl (C=O) groups excluding carboxylic acids is 1. The molecule has 0 spiro atoms. The number of carbonyl (C=O) groups is 1. The van der Waals surface area contributed by atoms with Crippen LogP contribution >= 0.6 is 0 Å². The largest absolute Gasteiger partial charge is 0.355 e. The number of amides is 1. The molecular weight excluding hydrogens is 200 g/mol. The Balaban J connectivity index is 2.37. The van der Waals surface area contributed by atoms with Crippen LogP contribution < -0.4 is 5.32 Å². The first-order chi connectivity index (χ1) is 7.56. The maximum absolute atomic E-state index is 11.7. The minimum absolute atomic E-state index is 0.0889. The predicted molar refractivity (Wildman–Crippen MR) is 63.5 cm³/mol. The van der Waals surface area contributed by atoms with E-state index in [4.69, 9.17) is 5.26 Å².